The van der Waals surface area contributed by atoms with E-state index in [1.54, 1.807) is 24.3 Å². The second-order valence-corrected chi connectivity index (χ2v) is 7.92. The molecule has 148 valence electrons. The fourth-order valence-corrected chi connectivity index (χ4v) is 4.79. The van der Waals surface area contributed by atoms with Gasteiger partial charge in [0, 0.05) is 25.5 Å². The number of ether oxygens (including phenoxy) is 2. The molecule has 27 heavy (non-hydrogen) atoms. The molecular formula is C19H20Cl4O4. The van der Waals surface area contributed by atoms with Crippen LogP contribution in [0, 0.1) is 0 Å². The summed E-state index contributed by atoms with van der Waals surface area (Å²) in [4.78, 5) is 0. The van der Waals surface area contributed by atoms with Crippen molar-refractivity contribution in [2.24, 2.45) is 0 Å². The molecule has 2 aromatic rings. The van der Waals surface area contributed by atoms with Gasteiger partial charge in [0.2, 0.25) is 0 Å². The summed E-state index contributed by atoms with van der Waals surface area (Å²) >= 11 is 25.9. The monoisotopic (exact) mass is 452 g/mol. The van der Waals surface area contributed by atoms with Crippen molar-refractivity contribution in [3.8, 4) is 11.5 Å². The standard InChI is InChI=1S/C19H20Cl4O4/c1-19(2,17-13(20)7-11(8-14(17)21)26-5-3-24)18-15(22)9-12(10-16(18)23)27-6-4-25/h7-10,24-25H,3-6H2,1-2H3. The second kappa shape index (κ2) is 9.55. The maximum absolute atomic E-state index is 8.89. The van der Waals surface area contributed by atoms with E-state index in [1.807, 2.05) is 13.8 Å². The van der Waals surface area contributed by atoms with Gasteiger partial charge in [-0.3, -0.25) is 0 Å². The summed E-state index contributed by atoms with van der Waals surface area (Å²) in [5.41, 5.74) is 0.581. The molecule has 0 atom stereocenters. The highest BCUT2D eigenvalue weighted by Crippen LogP contribution is 2.47. The lowest BCUT2D eigenvalue weighted by atomic mass is 9.77. The molecule has 0 amide bonds. The minimum Gasteiger partial charge on any atom is -0.491 e. The first kappa shape index (κ1) is 22.4. The summed E-state index contributed by atoms with van der Waals surface area (Å²) in [6.45, 7) is 3.88. The molecule has 2 rings (SSSR count). The lowest BCUT2D eigenvalue weighted by Crippen LogP contribution is -2.21. The molecule has 0 aromatic heterocycles. The fourth-order valence-electron chi connectivity index (χ4n) is 2.91. The van der Waals surface area contributed by atoms with Gasteiger partial charge in [0.1, 0.15) is 24.7 Å². The Hall–Kier alpha value is -0.880. The van der Waals surface area contributed by atoms with Gasteiger partial charge in [-0.2, -0.15) is 0 Å². The Morgan fingerprint density at radius 1 is 0.704 bits per heavy atom. The molecule has 0 aliphatic heterocycles. The first-order chi connectivity index (χ1) is 12.7. The van der Waals surface area contributed by atoms with E-state index < -0.39 is 5.41 Å². The molecule has 2 N–H and O–H groups in total. The highest BCUT2D eigenvalue weighted by molar-refractivity contribution is 6.38. The zero-order valence-corrected chi connectivity index (χ0v) is 17.9. The Labute approximate surface area is 178 Å². The van der Waals surface area contributed by atoms with E-state index in [0.717, 1.165) is 0 Å². The summed E-state index contributed by atoms with van der Waals surface area (Å²) < 4.78 is 10.8. The maximum atomic E-state index is 8.89. The van der Waals surface area contributed by atoms with Crippen molar-refractivity contribution < 1.29 is 19.7 Å². The van der Waals surface area contributed by atoms with Crippen LogP contribution < -0.4 is 9.47 Å². The van der Waals surface area contributed by atoms with Crippen molar-refractivity contribution in [3.05, 3.63) is 55.5 Å². The molecule has 0 saturated heterocycles. The van der Waals surface area contributed by atoms with Crippen LogP contribution in [0.25, 0.3) is 0 Å². The molecule has 0 heterocycles. The van der Waals surface area contributed by atoms with E-state index in [0.29, 0.717) is 42.7 Å². The Kier molecular flexibility index (Phi) is 7.93. The van der Waals surface area contributed by atoms with Gasteiger partial charge in [0.05, 0.1) is 13.2 Å². The van der Waals surface area contributed by atoms with Gasteiger partial charge >= 0.3 is 0 Å². The minimum atomic E-state index is -0.715. The normalized spacial score (nSPS) is 11.6. The molecule has 0 saturated carbocycles. The fraction of sp³-hybridized carbons (Fsp3) is 0.368. The van der Waals surface area contributed by atoms with Gasteiger partial charge in [-0.25, -0.2) is 0 Å². The van der Waals surface area contributed by atoms with Crippen molar-refractivity contribution >= 4 is 46.4 Å². The molecule has 0 unspecified atom stereocenters. The number of rotatable bonds is 8. The average molecular weight is 454 g/mol. The number of hydrogen-bond donors (Lipinski definition) is 2. The molecule has 2 aromatic carbocycles. The Morgan fingerprint density at radius 2 is 1.00 bits per heavy atom. The van der Waals surface area contributed by atoms with Crippen LogP contribution in [0.3, 0.4) is 0 Å². The van der Waals surface area contributed by atoms with Crippen molar-refractivity contribution in [1.82, 2.24) is 0 Å². The van der Waals surface area contributed by atoms with Crippen LogP contribution in [-0.4, -0.2) is 36.6 Å². The highest BCUT2D eigenvalue weighted by atomic mass is 35.5. The lowest BCUT2D eigenvalue weighted by molar-refractivity contribution is 0.201. The van der Waals surface area contributed by atoms with E-state index in [1.165, 1.54) is 0 Å². The summed E-state index contributed by atoms with van der Waals surface area (Å²) in [5, 5.41) is 19.4. The second-order valence-electron chi connectivity index (χ2n) is 6.29. The first-order valence-electron chi connectivity index (χ1n) is 8.18. The predicted octanol–water partition coefficient (Wildman–Crippen LogP) is 5.37. The molecule has 8 heteroatoms. The molecule has 0 bridgehead atoms. The van der Waals surface area contributed by atoms with Gasteiger partial charge in [-0.05, 0) is 35.4 Å². The molecule has 4 nitrogen and oxygen atoms in total. The van der Waals surface area contributed by atoms with Crippen LogP contribution in [0.5, 0.6) is 11.5 Å². The van der Waals surface area contributed by atoms with Crippen molar-refractivity contribution in [3.63, 3.8) is 0 Å². The van der Waals surface area contributed by atoms with Gasteiger partial charge in [0.25, 0.3) is 0 Å². The van der Waals surface area contributed by atoms with E-state index >= 15 is 0 Å². The van der Waals surface area contributed by atoms with Crippen LogP contribution in [0.1, 0.15) is 25.0 Å². The minimum absolute atomic E-state index is 0.113. The third-order valence-corrected chi connectivity index (χ3v) is 5.19. The largest absolute Gasteiger partial charge is 0.491 e. The summed E-state index contributed by atoms with van der Waals surface area (Å²) in [6, 6.07) is 6.56. The maximum Gasteiger partial charge on any atom is 0.122 e. The highest BCUT2D eigenvalue weighted by Gasteiger charge is 2.33. The van der Waals surface area contributed by atoms with Crippen LogP contribution in [-0.2, 0) is 5.41 Å². The number of hydrogen-bond acceptors (Lipinski definition) is 4. The zero-order valence-electron chi connectivity index (χ0n) is 14.9. The summed E-state index contributed by atoms with van der Waals surface area (Å²) in [7, 11) is 0. The number of benzene rings is 2. The van der Waals surface area contributed by atoms with Crippen molar-refractivity contribution in [1.29, 1.82) is 0 Å². The number of aliphatic hydroxyl groups excluding tert-OH is 2. The SMILES string of the molecule is CC(C)(c1c(Cl)cc(OCCO)cc1Cl)c1c(Cl)cc(OCCO)cc1Cl. The van der Waals surface area contributed by atoms with E-state index in [9.17, 15) is 0 Å². The number of halogens is 4. The Bertz CT molecular complexity index is 697. The smallest absolute Gasteiger partial charge is 0.122 e. The predicted molar refractivity (Wildman–Crippen MR) is 110 cm³/mol. The first-order valence-corrected chi connectivity index (χ1v) is 9.70. The van der Waals surface area contributed by atoms with E-state index in [-0.39, 0.29) is 26.4 Å². The van der Waals surface area contributed by atoms with Crippen LogP contribution in [0.15, 0.2) is 24.3 Å². The van der Waals surface area contributed by atoms with E-state index in [2.05, 4.69) is 0 Å². The zero-order chi connectivity index (χ0) is 20.2. The summed E-state index contributed by atoms with van der Waals surface area (Å²) in [5.74, 6) is 0.923. The quantitative estimate of drug-likeness (QED) is 0.564. The molecule has 0 aliphatic rings. The average Bonchev–Trinajstić information content (AvgIpc) is 2.56. The summed E-state index contributed by atoms with van der Waals surface area (Å²) in [6.07, 6.45) is 0. The van der Waals surface area contributed by atoms with Crippen LogP contribution in [0.4, 0.5) is 0 Å². The third kappa shape index (κ3) is 5.14. The molecule has 0 aliphatic carbocycles. The Balaban J connectivity index is 2.49. The van der Waals surface area contributed by atoms with Gasteiger partial charge in [0.15, 0.2) is 0 Å². The molecule has 0 fully saturated rings. The Morgan fingerprint density at radius 3 is 1.26 bits per heavy atom. The third-order valence-electron chi connectivity index (χ3n) is 4.00. The molecule has 0 spiro atoms. The molecular weight excluding hydrogens is 434 g/mol. The van der Waals surface area contributed by atoms with Gasteiger partial charge in [-0.1, -0.05) is 60.3 Å². The lowest BCUT2D eigenvalue weighted by Gasteiger charge is -2.30. The topological polar surface area (TPSA) is 58.9 Å². The van der Waals surface area contributed by atoms with Crippen LogP contribution in [0.2, 0.25) is 20.1 Å². The van der Waals surface area contributed by atoms with Crippen LogP contribution >= 0.6 is 46.4 Å². The van der Waals surface area contributed by atoms with E-state index in [4.69, 9.17) is 66.1 Å². The van der Waals surface area contributed by atoms with Crippen molar-refractivity contribution in [2.75, 3.05) is 26.4 Å². The van der Waals surface area contributed by atoms with Gasteiger partial charge in [-0.15, -0.1) is 0 Å². The van der Waals surface area contributed by atoms with Crippen molar-refractivity contribution in [2.45, 2.75) is 19.3 Å². The molecule has 0 radical (unpaired) electrons. The van der Waals surface area contributed by atoms with Gasteiger partial charge < -0.3 is 19.7 Å². The number of aliphatic hydroxyl groups is 2.